The second-order valence-electron chi connectivity index (χ2n) is 7.83. The SMILES string of the molecule is Cc1ccc(CC(=O)N2CCN(CC(=O)NCCOc3cccc(C)c3)CC2)cc1. The number of hydrogen-bond acceptors (Lipinski definition) is 4. The van der Waals surface area contributed by atoms with Gasteiger partial charge in [0.2, 0.25) is 11.8 Å². The van der Waals surface area contributed by atoms with Gasteiger partial charge in [0.25, 0.3) is 0 Å². The third kappa shape index (κ3) is 6.88. The van der Waals surface area contributed by atoms with Gasteiger partial charge in [0.15, 0.2) is 0 Å². The van der Waals surface area contributed by atoms with Gasteiger partial charge in [-0.25, -0.2) is 0 Å². The van der Waals surface area contributed by atoms with E-state index in [2.05, 4.69) is 10.2 Å². The van der Waals surface area contributed by atoms with Crippen molar-refractivity contribution in [3.8, 4) is 5.75 Å². The lowest BCUT2D eigenvalue weighted by Gasteiger charge is -2.34. The molecule has 0 saturated carbocycles. The zero-order valence-corrected chi connectivity index (χ0v) is 17.9. The van der Waals surface area contributed by atoms with Crippen LogP contribution in [-0.2, 0) is 16.0 Å². The Kier molecular flexibility index (Phi) is 7.85. The van der Waals surface area contributed by atoms with Crippen molar-refractivity contribution in [3.05, 3.63) is 65.2 Å². The molecule has 2 aromatic rings. The van der Waals surface area contributed by atoms with Crippen molar-refractivity contribution in [1.82, 2.24) is 15.1 Å². The van der Waals surface area contributed by atoms with Crippen molar-refractivity contribution < 1.29 is 14.3 Å². The number of aryl methyl sites for hydroxylation is 2. The number of rotatable bonds is 8. The fourth-order valence-electron chi connectivity index (χ4n) is 3.47. The van der Waals surface area contributed by atoms with Gasteiger partial charge in [-0.05, 0) is 37.1 Å². The molecule has 0 spiro atoms. The third-order valence-corrected chi connectivity index (χ3v) is 5.25. The van der Waals surface area contributed by atoms with E-state index in [1.807, 2.05) is 67.3 Å². The average molecular weight is 410 g/mol. The van der Waals surface area contributed by atoms with Crippen molar-refractivity contribution >= 4 is 11.8 Å². The predicted molar refractivity (Wildman–Crippen MR) is 118 cm³/mol. The largest absolute Gasteiger partial charge is 0.492 e. The summed E-state index contributed by atoms with van der Waals surface area (Å²) in [6.07, 6.45) is 0.432. The number of carbonyl (C=O) groups excluding carboxylic acids is 2. The summed E-state index contributed by atoms with van der Waals surface area (Å²) in [4.78, 5) is 28.7. The molecule has 0 bridgehead atoms. The number of carbonyl (C=O) groups is 2. The second-order valence-corrected chi connectivity index (χ2v) is 7.83. The molecular formula is C24H31N3O3. The van der Waals surface area contributed by atoms with E-state index in [-0.39, 0.29) is 11.8 Å². The second kappa shape index (κ2) is 10.8. The molecule has 6 nitrogen and oxygen atoms in total. The van der Waals surface area contributed by atoms with Crippen molar-refractivity contribution in [1.29, 1.82) is 0 Å². The van der Waals surface area contributed by atoms with Crippen LogP contribution in [0.25, 0.3) is 0 Å². The molecule has 0 radical (unpaired) electrons. The van der Waals surface area contributed by atoms with E-state index < -0.39 is 0 Å². The molecule has 160 valence electrons. The lowest BCUT2D eigenvalue weighted by atomic mass is 10.1. The van der Waals surface area contributed by atoms with E-state index in [9.17, 15) is 9.59 Å². The smallest absolute Gasteiger partial charge is 0.234 e. The van der Waals surface area contributed by atoms with E-state index in [1.54, 1.807) is 0 Å². The molecule has 1 N–H and O–H groups in total. The van der Waals surface area contributed by atoms with Crippen molar-refractivity contribution in [2.24, 2.45) is 0 Å². The Morgan fingerprint density at radius 2 is 1.70 bits per heavy atom. The van der Waals surface area contributed by atoms with Crippen LogP contribution in [0.1, 0.15) is 16.7 Å². The molecule has 1 fully saturated rings. The Hall–Kier alpha value is -2.86. The average Bonchev–Trinajstić information content (AvgIpc) is 2.73. The van der Waals surface area contributed by atoms with Gasteiger partial charge in [-0.2, -0.15) is 0 Å². The van der Waals surface area contributed by atoms with Gasteiger partial charge in [0, 0.05) is 26.2 Å². The van der Waals surface area contributed by atoms with Gasteiger partial charge in [-0.1, -0.05) is 42.0 Å². The summed E-state index contributed by atoms with van der Waals surface area (Å²) >= 11 is 0. The first-order valence-electron chi connectivity index (χ1n) is 10.5. The lowest BCUT2D eigenvalue weighted by Crippen LogP contribution is -2.51. The van der Waals surface area contributed by atoms with Gasteiger partial charge < -0.3 is 15.0 Å². The maximum Gasteiger partial charge on any atom is 0.234 e. The highest BCUT2D eigenvalue weighted by molar-refractivity contribution is 5.79. The predicted octanol–water partition coefficient (Wildman–Crippen LogP) is 2.19. The van der Waals surface area contributed by atoms with Crippen LogP contribution in [-0.4, -0.2) is 67.5 Å². The van der Waals surface area contributed by atoms with Gasteiger partial charge in [0.1, 0.15) is 12.4 Å². The molecule has 0 atom stereocenters. The van der Waals surface area contributed by atoms with Crippen LogP contribution in [0.5, 0.6) is 5.75 Å². The summed E-state index contributed by atoms with van der Waals surface area (Å²) in [5, 5.41) is 2.90. The summed E-state index contributed by atoms with van der Waals surface area (Å²) in [5.41, 5.74) is 3.38. The normalized spacial score (nSPS) is 14.4. The van der Waals surface area contributed by atoms with Gasteiger partial charge >= 0.3 is 0 Å². The maximum atomic E-state index is 12.5. The topological polar surface area (TPSA) is 61.9 Å². The first kappa shape index (κ1) is 21.8. The molecule has 1 heterocycles. The third-order valence-electron chi connectivity index (χ3n) is 5.25. The maximum absolute atomic E-state index is 12.5. The van der Waals surface area contributed by atoms with Gasteiger partial charge in [-0.3, -0.25) is 14.5 Å². The molecule has 2 aromatic carbocycles. The summed E-state index contributed by atoms with van der Waals surface area (Å²) in [6, 6.07) is 15.9. The Morgan fingerprint density at radius 3 is 2.40 bits per heavy atom. The molecule has 1 saturated heterocycles. The Morgan fingerprint density at radius 1 is 0.967 bits per heavy atom. The lowest BCUT2D eigenvalue weighted by molar-refractivity contribution is -0.132. The van der Waals surface area contributed by atoms with Gasteiger partial charge in [0.05, 0.1) is 19.5 Å². The first-order valence-corrected chi connectivity index (χ1v) is 10.5. The molecule has 0 aromatic heterocycles. The molecule has 6 heteroatoms. The molecule has 30 heavy (non-hydrogen) atoms. The zero-order chi connectivity index (χ0) is 21.3. The highest BCUT2D eigenvalue weighted by atomic mass is 16.5. The number of nitrogens with zero attached hydrogens (tertiary/aromatic N) is 2. The number of benzene rings is 2. The summed E-state index contributed by atoms with van der Waals surface area (Å²) in [6.45, 7) is 8.08. The quantitative estimate of drug-likeness (QED) is 0.679. The highest BCUT2D eigenvalue weighted by Crippen LogP contribution is 2.12. The van der Waals surface area contributed by atoms with Crippen molar-refractivity contribution in [2.45, 2.75) is 20.3 Å². The van der Waals surface area contributed by atoms with Crippen LogP contribution in [0, 0.1) is 13.8 Å². The monoisotopic (exact) mass is 409 g/mol. The molecule has 2 amide bonds. The van der Waals surface area contributed by atoms with Crippen LogP contribution in [0.3, 0.4) is 0 Å². The molecule has 0 unspecified atom stereocenters. The van der Waals surface area contributed by atoms with Crippen LogP contribution in [0.2, 0.25) is 0 Å². The van der Waals surface area contributed by atoms with Crippen LogP contribution >= 0.6 is 0 Å². The Balaban J connectivity index is 1.31. The Bertz CT molecular complexity index is 843. The molecule has 0 aliphatic carbocycles. The Labute approximate surface area is 178 Å². The minimum absolute atomic E-state index is 0.0118. The van der Waals surface area contributed by atoms with Gasteiger partial charge in [-0.15, -0.1) is 0 Å². The fraction of sp³-hybridized carbons (Fsp3) is 0.417. The van der Waals surface area contributed by atoms with Crippen LogP contribution in [0.4, 0.5) is 0 Å². The number of hydrogen-bond donors (Lipinski definition) is 1. The van der Waals surface area contributed by atoms with E-state index >= 15 is 0 Å². The molecule has 1 aliphatic heterocycles. The van der Waals surface area contributed by atoms with Crippen LogP contribution in [0.15, 0.2) is 48.5 Å². The minimum atomic E-state index is -0.0118. The van der Waals surface area contributed by atoms with Crippen LogP contribution < -0.4 is 10.1 Å². The summed E-state index contributed by atoms with van der Waals surface area (Å²) in [5.74, 6) is 0.953. The number of ether oxygens (including phenoxy) is 1. The molecule has 3 rings (SSSR count). The highest BCUT2D eigenvalue weighted by Gasteiger charge is 2.22. The van der Waals surface area contributed by atoms with E-state index in [1.165, 1.54) is 5.56 Å². The molecular weight excluding hydrogens is 378 g/mol. The molecule has 1 aliphatic rings. The summed E-state index contributed by atoms with van der Waals surface area (Å²) in [7, 11) is 0. The number of amides is 2. The van der Waals surface area contributed by atoms with Crippen molar-refractivity contribution in [3.63, 3.8) is 0 Å². The van der Waals surface area contributed by atoms with Crippen molar-refractivity contribution in [2.75, 3.05) is 45.9 Å². The summed E-state index contributed by atoms with van der Waals surface area (Å²) < 4.78 is 5.65. The van der Waals surface area contributed by atoms with E-state index in [0.29, 0.717) is 52.3 Å². The minimum Gasteiger partial charge on any atom is -0.492 e. The standard InChI is InChI=1S/C24H31N3O3/c1-19-6-8-21(9-7-19)17-24(29)27-13-11-26(12-14-27)18-23(28)25-10-15-30-22-5-3-4-20(2)16-22/h3-9,16H,10-15,17-18H2,1-2H3,(H,25,28). The first-order chi connectivity index (χ1) is 14.5. The number of piperazine rings is 1. The number of nitrogens with one attached hydrogen (secondary N) is 1. The van der Waals surface area contributed by atoms with E-state index in [0.717, 1.165) is 16.9 Å². The van der Waals surface area contributed by atoms with E-state index in [4.69, 9.17) is 4.74 Å². The fourth-order valence-corrected chi connectivity index (χ4v) is 3.47. The zero-order valence-electron chi connectivity index (χ0n) is 17.9.